The number of rotatable bonds is 2. The molecule has 1 atom stereocenters. The van der Waals surface area contributed by atoms with Gasteiger partial charge in [0.2, 0.25) is 0 Å². The molecular formula is C13H8Br2ClF2N. The van der Waals surface area contributed by atoms with Crippen molar-refractivity contribution in [2.75, 3.05) is 0 Å². The van der Waals surface area contributed by atoms with Crippen molar-refractivity contribution in [1.29, 1.82) is 0 Å². The molecule has 0 radical (unpaired) electrons. The van der Waals surface area contributed by atoms with Gasteiger partial charge in [-0.2, -0.15) is 0 Å². The summed E-state index contributed by atoms with van der Waals surface area (Å²) in [4.78, 5) is 0. The summed E-state index contributed by atoms with van der Waals surface area (Å²) in [5.74, 6) is -1.05. The molecule has 0 aliphatic rings. The fourth-order valence-corrected chi connectivity index (χ4v) is 2.39. The predicted molar refractivity (Wildman–Crippen MR) is 79.2 cm³/mol. The van der Waals surface area contributed by atoms with Gasteiger partial charge in [-0.25, -0.2) is 8.78 Å². The highest BCUT2D eigenvalue weighted by Crippen LogP contribution is 2.32. The average Bonchev–Trinajstić information content (AvgIpc) is 2.39. The molecule has 0 aliphatic heterocycles. The van der Waals surface area contributed by atoms with E-state index in [0.29, 0.717) is 14.5 Å². The van der Waals surface area contributed by atoms with Crippen LogP contribution in [-0.2, 0) is 0 Å². The molecule has 0 amide bonds. The van der Waals surface area contributed by atoms with Crippen molar-refractivity contribution in [2.24, 2.45) is 5.73 Å². The summed E-state index contributed by atoms with van der Waals surface area (Å²) in [5, 5.41) is -0.0365. The first kappa shape index (κ1) is 14.9. The maximum Gasteiger partial charge on any atom is 0.148 e. The first-order valence-corrected chi connectivity index (χ1v) is 7.22. The highest BCUT2D eigenvalue weighted by atomic mass is 79.9. The average molecular weight is 411 g/mol. The Kier molecular flexibility index (Phi) is 4.61. The highest BCUT2D eigenvalue weighted by molar-refractivity contribution is 9.10. The molecule has 100 valence electrons. The third-order valence-electron chi connectivity index (χ3n) is 2.70. The van der Waals surface area contributed by atoms with E-state index < -0.39 is 17.7 Å². The fraction of sp³-hybridized carbons (Fsp3) is 0.0769. The Labute approximate surface area is 131 Å². The van der Waals surface area contributed by atoms with E-state index >= 15 is 0 Å². The number of hydrogen-bond acceptors (Lipinski definition) is 1. The minimum atomic E-state index is -0.784. The summed E-state index contributed by atoms with van der Waals surface area (Å²) >= 11 is 12.0. The number of hydrogen-bond donors (Lipinski definition) is 1. The van der Waals surface area contributed by atoms with E-state index in [1.807, 2.05) is 0 Å². The Morgan fingerprint density at radius 2 is 1.68 bits per heavy atom. The minimum Gasteiger partial charge on any atom is -0.320 e. The van der Waals surface area contributed by atoms with Crippen LogP contribution in [0, 0.1) is 11.6 Å². The predicted octanol–water partition coefficient (Wildman–Crippen LogP) is 5.19. The molecule has 0 aromatic heterocycles. The molecule has 0 fully saturated rings. The second-order valence-corrected chi connectivity index (χ2v) is 6.00. The van der Waals surface area contributed by atoms with Crippen LogP contribution in [0.3, 0.4) is 0 Å². The van der Waals surface area contributed by atoms with Crippen molar-refractivity contribution in [1.82, 2.24) is 0 Å². The van der Waals surface area contributed by atoms with Crippen LogP contribution in [0.25, 0.3) is 0 Å². The van der Waals surface area contributed by atoms with E-state index in [1.54, 1.807) is 12.1 Å². The van der Waals surface area contributed by atoms with Crippen LogP contribution in [0.1, 0.15) is 17.2 Å². The smallest absolute Gasteiger partial charge is 0.148 e. The van der Waals surface area contributed by atoms with E-state index in [0.717, 1.165) is 0 Å². The fourth-order valence-electron chi connectivity index (χ4n) is 1.67. The maximum atomic E-state index is 14.0. The SMILES string of the molecule is NC(c1ccc(Br)c(F)c1)c1ccc(Br)c(Cl)c1F. The monoisotopic (exact) mass is 409 g/mol. The molecule has 2 rings (SSSR count). The number of benzene rings is 2. The molecule has 19 heavy (non-hydrogen) atoms. The van der Waals surface area contributed by atoms with Gasteiger partial charge in [0.1, 0.15) is 11.6 Å². The van der Waals surface area contributed by atoms with Crippen LogP contribution in [0.5, 0.6) is 0 Å². The molecule has 0 bridgehead atoms. The largest absolute Gasteiger partial charge is 0.320 e. The number of halogens is 5. The lowest BCUT2D eigenvalue weighted by molar-refractivity contribution is 0.594. The third kappa shape index (κ3) is 2.99. The molecule has 0 saturated heterocycles. The lowest BCUT2D eigenvalue weighted by Gasteiger charge is -2.15. The van der Waals surface area contributed by atoms with Crippen LogP contribution in [0.4, 0.5) is 8.78 Å². The molecule has 0 spiro atoms. The van der Waals surface area contributed by atoms with Gasteiger partial charge in [0.05, 0.1) is 15.5 Å². The van der Waals surface area contributed by atoms with Gasteiger partial charge < -0.3 is 5.73 Å². The van der Waals surface area contributed by atoms with E-state index in [1.165, 1.54) is 18.2 Å². The summed E-state index contributed by atoms with van der Waals surface area (Å²) in [5.41, 5.74) is 6.65. The normalized spacial score (nSPS) is 12.5. The second-order valence-electron chi connectivity index (χ2n) is 3.92. The van der Waals surface area contributed by atoms with Crippen molar-refractivity contribution in [3.8, 4) is 0 Å². The van der Waals surface area contributed by atoms with Gasteiger partial charge in [-0.15, -0.1) is 0 Å². The summed E-state index contributed by atoms with van der Waals surface area (Å²) in [6.07, 6.45) is 0. The third-order valence-corrected chi connectivity index (χ3v) is 4.60. The summed E-state index contributed by atoms with van der Waals surface area (Å²) in [6, 6.07) is 6.78. The van der Waals surface area contributed by atoms with Gasteiger partial charge in [-0.05, 0) is 55.6 Å². The van der Waals surface area contributed by atoms with Crippen molar-refractivity contribution in [2.45, 2.75) is 6.04 Å². The molecule has 1 nitrogen and oxygen atoms in total. The van der Waals surface area contributed by atoms with Gasteiger partial charge >= 0.3 is 0 Å². The molecule has 2 aromatic rings. The summed E-state index contributed by atoms with van der Waals surface area (Å²) in [7, 11) is 0. The zero-order valence-electron chi connectivity index (χ0n) is 9.43. The summed E-state index contributed by atoms with van der Waals surface area (Å²) < 4.78 is 28.3. The van der Waals surface area contributed by atoms with Crippen LogP contribution in [0.15, 0.2) is 39.3 Å². The Bertz CT molecular complexity index is 634. The van der Waals surface area contributed by atoms with Gasteiger partial charge in [0, 0.05) is 10.0 Å². The highest BCUT2D eigenvalue weighted by Gasteiger charge is 2.18. The quantitative estimate of drug-likeness (QED) is 0.676. The van der Waals surface area contributed by atoms with Crippen molar-refractivity contribution >= 4 is 43.5 Å². The molecular weight excluding hydrogens is 403 g/mol. The van der Waals surface area contributed by atoms with Crippen LogP contribution in [-0.4, -0.2) is 0 Å². The molecule has 1 unspecified atom stereocenters. The van der Waals surface area contributed by atoms with Crippen LogP contribution >= 0.6 is 43.5 Å². The van der Waals surface area contributed by atoms with E-state index in [4.69, 9.17) is 17.3 Å². The minimum absolute atomic E-state index is 0.0365. The molecule has 0 heterocycles. The van der Waals surface area contributed by atoms with Crippen molar-refractivity contribution in [3.05, 3.63) is 67.1 Å². The van der Waals surface area contributed by atoms with Gasteiger partial charge in [0.15, 0.2) is 0 Å². The van der Waals surface area contributed by atoms with Crippen LogP contribution < -0.4 is 5.73 Å². The zero-order chi connectivity index (χ0) is 14.2. The Morgan fingerprint density at radius 3 is 2.32 bits per heavy atom. The van der Waals surface area contributed by atoms with Crippen molar-refractivity contribution < 1.29 is 8.78 Å². The second kappa shape index (κ2) is 5.87. The lowest BCUT2D eigenvalue weighted by atomic mass is 9.99. The van der Waals surface area contributed by atoms with Gasteiger partial charge in [-0.3, -0.25) is 0 Å². The van der Waals surface area contributed by atoms with Crippen LogP contribution in [0.2, 0.25) is 5.02 Å². The molecule has 2 N–H and O–H groups in total. The zero-order valence-corrected chi connectivity index (χ0v) is 13.4. The Morgan fingerprint density at radius 1 is 1.05 bits per heavy atom. The molecule has 0 aliphatic carbocycles. The Hall–Kier alpha value is -0.490. The summed E-state index contributed by atoms with van der Waals surface area (Å²) in [6.45, 7) is 0. The van der Waals surface area contributed by atoms with Gasteiger partial charge in [0.25, 0.3) is 0 Å². The van der Waals surface area contributed by atoms with Gasteiger partial charge in [-0.1, -0.05) is 23.7 Å². The Balaban J connectivity index is 2.47. The topological polar surface area (TPSA) is 26.0 Å². The standard InChI is InChI=1S/C13H8Br2ClF2N/c14-8-3-1-6(5-10(8)17)13(19)7-2-4-9(15)11(16)12(7)18/h1-5,13H,19H2. The first-order valence-electron chi connectivity index (χ1n) is 5.25. The van der Waals surface area contributed by atoms with E-state index in [9.17, 15) is 8.78 Å². The van der Waals surface area contributed by atoms with E-state index in [-0.39, 0.29) is 10.6 Å². The lowest BCUT2D eigenvalue weighted by Crippen LogP contribution is -2.14. The molecule has 0 saturated carbocycles. The maximum absolute atomic E-state index is 14.0. The first-order chi connectivity index (χ1) is 8.91. The van der Waals surface area contributed by atoms with E-state index in [2.05, 4.69) is 31.9 Å². The number of nitrogens with two attached hydrogens (primary N) is 1. The molecule has 6 heteroatoms. The molecule has 2 aromatic carbocycles. The van der Waals surface area contributed by atoms with Crippen molar-refractivity contribution in [3.63, 3.8) is 0 Å².